The van der Waals surface area contributed by atoms with E-state index in [4.69, 9.17) is 4.55 Å². The van der Waals surface area contributed by atoms with Gasteiger partial charge in [0.2, 0.25) is 0 Å². The molecule has 1 rings (SSSR count). The molecule has 0 amide bonds. The Hall–Kier alpha value is -0.650. The molecule has 0 spiro atoms. The van der Waals surface area contributed by atoms with Gasteiger partial charge in [-0.25, -0.2) is 0 Å². The van der Waals surface area contributed by atoms with Gasteiger partial charge in [-0.2, -0.15) is 8.42 Å². The van der Waals surface area contributed by atoms with Crippen molar-refractivity contribution in [2.45, 2.75) is 11.8 Å². The third kappa shape index (κ3) is 2.43. The molecular weight excluding hydrogens is 268 g/mol. The molecule has 0 aromatic heterocycles. The molecule has 0 bridgehead atoms. The highest BCUT2D eigenvalue weighted by molar-refractivity contribution is 9.10. The van der Waals surface area contributed by atoms with Gasteiger partial charge in [0.05, 0.1) is 0 Å². The molecule has 76 valence electrons. The van der Waals surface area contributed by atoms with Crippen LogP contribution in [-0.2, 0) is 10.1 Å². The zero-order valence-electron chi connectivity index (χ0n) is 7.49. The number of halogens is 1. The zero-order chi connectivity index (χ0) is 10.9. The van der Waals surface area contributed by atoms with Crippen molar-refractivity contribution >= 4 is 31.6 Å². The third-order valence-corrected chi connectivity index (χ3v) is 3.53. The van der Waals surface area contributed by atoms with E-state index in [0.717, 1.165) is 11.1 Å². The van der Waals surface area contributed by atoms with E-state index in [2.05, 4.69) is 22.5 Å². The van der Waals surface area contributed by atoms with Crippen LogP contribution in [0.15, 0.2) is 34.1 Å². The molecule has 1 aromatic rings. The number of allylic oxidation sites excluding steroid dienone is 1. The summed E-state index contributed by atoms with van der Waals surface area (Å²) < 4.78 is 30.8. The fourth-order valence-electron chi connectivity index (χ4n) is 0.976. The van der Waals surface area contributed by atoms with Gasteiger partial charge >= 0.3 is 0 Å². The van der Waals surface area contributed by atoms with Crippen molar-refractivity contribution in [3.05, 3.63) is 34.8 Å². The van der Waals surface area contributed by atoms with Gasteiger partial charge in [0.15, 0.2) is 0 Å². The maximum atomic E-state index is 10.8. The molecular formula is C9H9BrO3S. The lowest BCUT2D eigenvalue weighted by molar-refractivity contribution is 0.482. The number of hydrogen-bond acceptors (Lipinski definition) is 2. The predicted octanol–water partition coefficient (Wildman–Crippen LogP) is 2.73. The van der Waals surface area contributed by atoms with E-state index in [-0.39, 0.29) is 4.90 Å². The fourth-order valence-corrected chi connectivity index (χ4v) is 2.51. The number of hydrogen-bond donors (Lipinski definition) is 1. The van der Waals surface area contributed by atoms with Crippen LogP contribution in [-0.4, -0.2) is 13.0 Å². The molecule has 0 saturated heterocycles. The van der Waals surface area contributed by atoms with E-state index in [0.29, 0.717) is 4.47 Å². The Kier molecular flexibility index (Phi) is 3.14. The maximum absolute atomic E-state index is 10.8. The first-order chi connectivity index (χ1) is 6.32. The Morgan fingerprint density at radius 1 is 1.50 bits per heavy atom. The first-order valence-corrected chi connectivity index (χ1v) is 5.98. The zero-order valence-corrected chi connectivity index (χ0v) is 9.89. The van der Waals surface area contributed by atoms with Gasteiger partial charge in [0.1, 0.15) is 4.90 Å². The molecule has 0 saturated carbocycles. The van der Waals surface area contributed by atoms with Crippen LogP contribution in [0.25, 0.3) is 5.57 Å². The van der Waals surface area contributed by atoms with E-state index in [1.807, 2.05) is 6.92 Å². The smallest absolute Gasteiger partial charge is 0.282 e. The standard InChI is InChI=1S/C9H9BrO3S/c1-6(2)7-3-4-9(8(10)5-7)14(11,12)13/h3-5H,1H2,2H3,(H,11,12,13). The lowest BCUT2D eigenvalue weighted by atomic mass is 10.1. The maximum Gasteiger partial charge on any atom is 0.295 e. The van der Waals surface area contributed by atoms with E-state index in [1.165, 1.54) is 6.07 Å². The summed E-state index contributed by atoms with van der Waals surface area (Å²) >= 11 is 3.07. The van der Waals surface area contributed by atoms with Gasteiger partial charge in [0.25, 0.3) is 10.1 Å². The first kappa shape index (κ1) is 11.4. The van der Waals surface area contributed by atoms with Crippen LogP contribution in [0.2, 0.25) is 0 Å². The van der Waals surface area contributed by atoms with Crippen molar-refractivity contribution in [1.82, 2.24) is 0 Å². The minimum atomic E-state index is -4.15. The fraction of sp³-hybridized carbons (Fsp3) is 0.111. The average molecular weight is 277 g/mol. The normalized spacial score (nSPS) is 11.4. The Bertz CT molecular complexity index is 477. The molecule has 0 aliphatic rings. The largest absolute Gasteiger partial charge is 0.295 e. The summed E-state index contributed by atoms with van der Waals surface area (Å²) in [5, 5.41) is 0. The van der Waals surface area contributed by atoms with Crippen LogP contribution in [0.4, 0.5) is 0 Å². The highest BCUT2D eigenvalue weighted by atomic mass is 79.9. The molecule has 0 aliphatic carbocycles. The van der Waals surface area contributed by atoms with Gasteiger partial charge in [-0.05, 0) is 40.5 Å². The second-order valence-electron chi connectivity index (χ2n) is 2.90. The van der Waals surface area contributed by atoms with Crippen molar-refractivity contribution in [2.24, 2.45) is 0 Å². The second-order valence-corrected chi connectivity index (χ2v) is 5.14. The number of benzene rings is 1. The predicted molar refractivity (Wildman–Crippen MR) is 58.7 cm³/mol. The minimum Gasteiger partial charge on any atom is -0.282 e. The van der Waals surface area contributed by atoms with Crippen LogP contribution in [0, 0.1) is 0 Å². The molecule has 0 fully saturated rings. The van der Waals surface area contributed by atoms with Crippen LogP contribution in [0.5, 0.6) is 0 Å². The summed E-state index contributed by atoms with van der Waals surface area (Å²) in [6.45, 7) is 5.54. The van der Waals surface area contributed by atoms with Gasteiger partial charge in [0, 0.05) is 4.47 Å². The summed E-state index contributed by atoms with van der Waals surface area (Å²) in [5.74, 6) is 0. The van der Waals surface area contributed by atoms with Gasteiger partial charge in [-0.15, -0.1) is 0 Å². The van der Waals surface area contributed by atoms with Crippen LogP contribution >= 0.6 is 15.9 Å². The molecule has 1 N–H and O–H groups in total. The van der Waals surface area contributed by atoms with Crippen molar-refractivity contribution in [1.29, 1.82) is 0 Å². The Balaban J connectivity index is 3.35. The molecule has 0 radical (unpaired) electrons. The van der Waals surface area contributed by atoms with Crippen molar-refractivity contribution < 1.29 is 13.0 Å². The Morgan fingerprint density at radius 3 is 2.43 bits per heavy atom. The second kappa shape index (κ2) is 3.84. The van der Waals surface area contributed by atoms with Gasteiger partial charge in [-0.1, -0.05) is 18.2 Å². The first-order valence-electron chi connectivity index (χ1n) is 3.75. The number of rotatable bonds is 2. The van der Waals surface area contributed by atoms with Crippen LogP contribution in [0.3, 0.4) is 0 Å². The third-order valence-electron chi connectivity index (χ3n) is 1.70. The van der Waals surface area contributed by atoms with Crippen molar-refractivity contribution in [3.63, 3.8) is 0 Å². The molecule has 5 heteroatoms. The molecule has 0 aliphatic heterocycles. The van der Waals surface area contributed by atoms with Crippen molar-refractivity contribution in [2.75, 3.05) is 0 Å². The van der Waals surface area contributed by atoms with Crippen molar-refractivity contribution in [3.8, 4) is 0 Å². The van der Waals surface area contributed by atoms with Gasteiger partial charge < -0.3 is 0 Å². The quantitative estimate of drug-likeness (QED) is 0.846. The molecule has 0 unspecified atom stereocenters. The summed E-state index contributed by atoms with van der Waals surface area (Å²) in [6, 6.07) is 4.53. The van der Waals surface area contributed by atoms with E-state index in [9.17, 15) is 8.42 Å². The summed E-state index contributed by atoms with van der Waals surface area (Å²) in [5.41, 5.74) is 1.65. The molecule has 0 atom stereocenters. The van der Waals surface area contributed by atoms with Crippen LogP contribution < -0.4 is 0 Å². The highest BCUT2D eigenvalue weighted by Crippen LogP contribution is 2.25. The summed E-state index contributed by atoms with van der Waals surface area (Å²) in [4.78, 5) is -0.137. The topological polar surface area (TPSA) is 54.4 Å². The Labute approximate surface area is 91.3 Å². The molecule has 1 aromatic carbocycles. The lowest BCUT2D eigenvalue weighted by Crippen LogP contribution is -1.99. The monoisotopic (exact) mass is 276 g/mol. The van der Waals surface area contributed by atoms with Crippen LogP contribution in [0.1, 0.15) is 12.5 Å². The van der Waals surface area contributed by atoms with E-state index in [1.54, 1.807) is 12.1 Å². The van der Waals surface area contributed by atoms with E-state index < -0.39 is 10.1 Å². The van der Waals surface area contributed by atoms with E-state index >= 15 is 0 Å². The average Bonchev–Trinajstić information content (AvgIpc) is 2.01. The summed E-state index contributed by atoms with van der Waals surface area (Å²) in [6.07, 6.45) is 0. The Morgan fingerprint density at radius 2 is 2.07 bits per heavy atom. The SMILES string of the molecule is C=C(C)c1ccc(S(=O)(=O)O)c(Br)c1. The lowest BCUT2D eigenvalue weighted by Gasteiger charge is -2.04. The molecule has 14 heavy (non-hydrogen) atoms. The highest BCUT2D eigenvalue weighted by Gasteiger charge is 2.13. The summed E-state index contributed by atoms with van der Waals surface area (Å²) in [7, 11) is -4.15. The molecule has 0 heterocycles. The van der Waals surface area contributed by atoms with Gasteiger partial charge in [-0.3, -0.25) is 4.55 Å². The molecule has 3 nitrogen and oxygen atoms in total. The minimum absolute atomic E-state index is 0.137.